The Labute approximate surface area is 148 Å². The van der Waals surface area contributed by atoms with Crippen LogP contribution in [0.2, 0.25) is 0 Å². The molecule has 26 heavy (non-hydrogen) atoms. The van der Waals surface area contributed by atoms with E-state index in [0.717, 1.165) is 29.3 Å². The van der Waals surface area contributed by atoms with Crippen molar-refractivity contribution in [1.82, 2.24) is 10.2 Å². The van der Waals surface area contributed by atoms with Gasteiger partial charge >= 0.3 is 0 Å². The summed E-state index contributed by atoms with van der Waals surface area (Å²) in [6.45, 7) is 1.97. The van der Waals surface area contributed by atoms with Gasteiger partial charge in [-0.05, 0) is 31.2 Å². The molecule has 0 saturated heterocycles. The molecule has 0 spiro atoms. The summed E-state index contributed by atoms with van der Waals surface area (Å²) in [7, 11) is 0. The highest BCUT2D eigenvalue weighted by molar-refractivity contribution is 6.09. The van der Waals surface area contributed by atoms with E-state index in [2.05, 4.69) is 10.2 Å². The molecule has 0 bridgehead atoms. The number of allylic oxidation sites excluding steroid dienone is 1. The first-order valence-electron chi connectivity index (χ1n) is 7.72. The van der Waals surface area contributed by atoms with Crippen LogP contribution in [0.25, 0.3) is 17.3 Å². The number of hydrogen-bond donors (Lipinski definition) is 1. The second-order valence-electron chi connectivity index (χ2n) is 5.68. The van der Waals surface area contributed by atoms with Gasteiger partial charge in [-0.2, -0.15) is 5.10 Å². The molecule has 1 heterocycles. The van der Waals surface area contributed by atoms with Crippen LogP contribution in [0.1, 0.15) is 21.5 Å². The number of aromatic nitrogens is 2. The van der Waals surface area contributed by atoms with E-state index in [9.17, 15) is 19.3 Å². The van der Waals surface area contributed by atoms with Gasteiger partial charge in [0.15, 0.2) is 5.78 Å². The number of carbonyl (C=O) groups excluding carboxylic acids is 1. The number of ketones is 1. The number of nitro groups is 1. The third-order valence-corrected chi connectivity index (χ3v) is 3.84. The fourth-order valence-corrected chi connectivity index (χ4v) is 2.49. The average Bonchev–Trinajstić information content (AvgIpc) is 3.08. The van der Waals surface area contributed by atoms with Gasteiger partial charge in [0.25, 0.3) is 5.69 Å². The summed E-state index contributed by atoms with van der Waals surface area (Å²) in [5.41, 5.74) is 2.61. The van der Waals surface area contributed by atoms with Gasteiger partial charge in [-0.3, -0.25) is 20.0 Å². The van der Waals surface area contributed by atoms with E-state index < -0.39 is 22.2 Å². The zero-order valence-corrected chi connectivity index (χ0v) is 13.8. The number of nitrogens with zero attached hydrogens (tertiary/aromatic N) is 2. The minimum absolute atomic E-state index is 0.299. The van der Waals surface area contributed by atoms with E-state index in [1.807, 2.05) is 31.2 Å². The molecule has 0 aliphatic heterocycles. The highest BCUT2D eigenvalue weighted by atomic mass is 19.1. The van der Waals surface area contributed by atoms with E-state index in [-0.39, 0.29) is 5.56 Å². The molecule has 0 unspecified atom stereocenters. The van der Waals surface area contributed by atoms with Gasteiger partial charge in [-0.1, -0.05) is 29.8 Å². The van der Waals surface area contributed by atoms with Crippen LogP contribution in [0.4, 0.5) is 10.1 Å². The highest BCUT2D eigenvalue weighted by Gasteiger charge is 2.19. The summed E-state index contributed by atoms with van der Waals surface area (Å²) >= 11 is 0. The van der Waals surface area contributed by atoms with Gasteiger partial charge in [-0.15, -0.1) is 0 Å². The molecule has 3 rings (SSSR count). The number of rotatable bonds is 5. The van der Waals surface area contributed by atoms with Gasteiger partial charge in [0, 0.05) is 17.2 Å². The van der Waals surface area contributed by atoms with Gasteiger partial charge in [0.2, 0.25) is 0 Å². The van der Waals surface area contributed by atoms with Crippen molar-refractivity contribution >= 4 is 17.5 Å². The van der Waals surface area contributed by atoms with Crippen LogP contribution in [0.5, 0.6) is 0 Å². The van der Waals surface area contributed by atoms with Gasteiger partial charge in [0.05, 0.1) is 16.8 Å². The smallest absolute Gasteiger partial charge is 0.280 e. The van der Waals surface area contributed by atoms with E-state index in [1.165, 1.54) is 12.2 Å². The standard InChI is InChI=1S/C19H14FN3O3/c1-12-2-4-13(5-3-12)19-14(11-21-22-19)6-9-18(24)16-10-15(20)7-8-17(16)23(25)26/h2-11H,1H3,(H,21,22)/b9-6+. The van der Waals surface area contributed by atoms with Crippen LogP contribution < -0.4 is 0 Å². The number of benzene rings is 2. The number of carbonyl (C=O) groups is 1. The summed E-state index contributed by atoms with van der Waals surface area (Å²) in [6.07, 6.45) is 4.21. The number of nitrogens with one attached hydrogen (secondary N) is 1. The second kappa shape index (κ2) is 7.10. The SMILES string of the molecule is Cc1ccc(-c2[nH]ncc2/C=C/C(=O)c2cc(F)ccc2[N+](=O)[O-])cc1. The first-order chi connectivity index (χ1) is 12.5. The van der Waals surface area contributed by atoms with Crippen LogP contribution in [0.15, 0.2) is 54.7 Å². The lowest BCUT2D eigenvalue weighted by Crippen LogP contribution is -2.02. The molecule has 1 aromatic heterocycles. The van der Waals surface area contributed by atoms with Crippen LogP contribution in [-0.2, 0) is 0 Å². The summed E-state index contributed by atoms with van der Waals surface area (Å²) in [6, 6.07) is 10.5. The Balaban J connectivity index is 1.91. The first-order valence-corrected chi connectivity index (χ1v) is 7.72. The maximum atomic E-state index is 13.4. The molecule has 0 aliphatic carbocycles. The quantitative estimate of drug-likeness (QED) is 0.321. The number of aromatic amines is 1. The lowest BCUT2D eigenvalue weighted by Gasteiger charge is -2.01. The fourth-order valence-electron chi connectivity index (χ4n) is 2.49. The number of aryl methyl sites for hydroxylation is 1. The van der Waals surface area contributed by atoms with E-state index in [1.54, 1.807) is 6.20 Å². The van der Waals surface area contributed by atoms with Crippen molar-refractivity contribution in [2.24, 2.45) is 0 Å². The minimum Gasteiger partial charge on any atom is -0.289 e. The monoisotopic (exact) mass is 351 g/mol. The molecular formula is C19H14FN3O3. The maximum absolute atomic E-state index is 13.4. The third-order valence-electron chi connectivity index (χ3n) is 3.84. The fraction of sp³-hybridized carbons (Fsp3) is 0.0526. The summed E-state index contributed by atoms with van der Waals surface area (Å²) in [5, 5.41) is 17.9. The maximum Gasteiger partial charge on any atom is 0.280 e. The van der Waals surface area contributed by atoms with E-state index in [4.69, 9.17) is 0 Å². The Kier molecular flexibility index (Phi) is 4.70. The second-order valence-corrected chi connectivity index (χ2v) is 5.68. The summed E-state index contributed by atoms with van der Waals surface area (Å²) in [5.74, 6) is -1.37. The predicted molar refractivity (Wildman–Crippen MR) is 95.2 cm³/mol. The van der Waals surface area contributed by atoms with Crippen molar-refractivity contribution in [3.8, 4) is 11.3 Å². The zero-order valence-electron chi connectivity index (χ0n) is 13.8. The normalized spacial score (nSPS) is 11.0. The lowest BCUT2D eigenvalue weighted by atomic mass is 10.0. The number of halogens is 1. The molecule has 0 atom stereocenters. The molecule has 0 aliphatic rings. The van der Waals surface area contributed by atoms with Crippen molar-refractivity contribution in [1.29, 1.82) is 0 Å². The first kappa shape index (κ1) is 17.2. The highest BCUT2D eigenvalue weighted by Crippen LogP contribution is 2.24. The Morgan fingerprint density at radius 2 is 1.96 bits per heavy atom. The molecule has 7 heteroatoms. The molecule has 0 radical (unpaired) electrons. The van der Waals surface area contributed by atoms with Crippen molar-refractivity contribution in [2.75, 3.05) is 0 Å². The molecule has 3 aromatic rings. The largest absolute Gasteiger partial charge is 0.289 e. The van der Waals surface area contributed by atoms with Crippen molar-refractivity contribution < 1.29 is 14.1 Å². The van der Waals surface area contributed by atoms with Crippen molar-refractivity contribution in [2.45, 2.75) is 6.92 Å². The van der Waals surface area contributed by atoms with Gasteiger partial charge in [0.1, 0.15) is 11.4 Å². The Morgan fingerprint density at radius 1 is 1.23 bits per heavy atom. The van der Waals surface area contributed by atoms with Crippen LogP contribution in [0, 0.1) is 22.9 Å². The Hall–Kier alpha value is -3.61. The van der Waals surface area contributed by atoms with E-state index >= 15 is 0 Å². The van der Waals surface area contributed by atoms with Crippen LogP contribution in [0.3, 0.4) is 0 Å². The predicted octanol–water partition coefficient (Wildman–Crippen LogP) is 4.33. The molecular weight excluding hydrogens is 337 g/mol. The van der Waals surface area contributed by atoms with Gasteiger partial charge in [-0.25, -0.2) is 4.39 Å². The minimum atomic E-state index is -0.712. The molecule has 0 fully saturated rings. The summed E-state index contributed by atoms with van der Waals surface area (Å²) in [4.78, 5) is 22.6. The molecule has 0 saturated carbocycles. The Morgan fingerprint density at radius 3 is 2.65 bits per heavy atom. The molecule has 0 amide bonds. The molecule has 1 N–H and O–H groups in total. The topological polar surface area (TPSA) is 88.9 Å². The average molecular weight is 351 g/mol. The van der Waals surface area contributed by atoms with Crippen LogP contribution >= 0.6 is 0 Å². The Bertz CT molecular complexity index is 1010. The number of nitro benzene ring substituents is 1. The molecule has 6 nitrogen and oxygen atoms in total. The van der Waals surface area contributed by atoms with Crippen LogP contribution in [-0.4, -0.2) is 20.9 Å². The van der Waals surface area contributed by atoms with Gasteiger partial charge < -0.3 is 0 Å². The summed E-state index contributed by atoms with van der Waals surface area (Å²) < 4.78 is 13.4. The molecule has 2 aromatic carbocycles. The van der Waals surface area contributed by atoms with E-state index in [0.29, 0.717) is 11.3 Å². The van der Waals surface area contributed by atoms with Crippen molar-refractivity contribution in [3.05, 3.63) is 87.4 Å². The lowest BCUT2D eigenvalue weighted by molar-refractivity contribution is -0.385. The zero-order chi connectivity index (χ0) is 18.7. The number of H-pyrrole nitrogens is 1. The van der Waals surface area contributed by atoms with Crippen molar-refractivity contribution in [3.63, 3.8) is 0 Å². The number of hydrogen-bond acceptors (Lipinski definition) is 4. The third kappa shape index (κ3) is 3.56. The molecule has 130 valence electrons.